The summed E-state index contributed by atoms with van der Waals surface area (Å²) in [7, 11) is 0. The highest BCUT2D eigenvalue weighted by molar-refractivity contribution is 5.17. The van der Waals surface area contributed by atoms with Crippen LogP contribution < -0.4 is 5.73 Å². The summed E-state index contributed by atoms with van der Waals surface area (Å²) in [6.45, 7) is 7.27. The molecule has 3 heteroatoms. The van der Waals surface area contributed by atoms with E-state index in [0.717, 1.165) is 24.3 Å². The highest BCUT2D eigenvalue weighted by Crippen LogP contribution is 2.29. The zero-order valence-electron chi connectivity index (χ0n) is 11.0. The molecule has 0 unspecified atom stereocenters. The Morgan fingerprint density at radius 1 is 1.47 bits per heavy atom. The molecule has 96 valence electrons. The third-order valence-electron chi connectivity index (χ3n) is 3.45. The first-order valence-electron chi connectivity index (χ1n) is 6.70. The molecule has 1 aromatic rings. The van der Waals surface area contributed by atoms with Crippen molar-refractivity contribution in [1.29, 1.82) is 0 Å². The van der Waals surface area contributed by atoms with Gasteiger partial charge in [0.2, 0.25) is 0 Å². The van der Waals surface area contributed by atoms with Crippen molar-refractivity contribution in [2.75, 3.05) is 6.54 Å². The van der Waals surface area contributed by atoms with Gasteiger partial charge < -0.3 is 10.2 Å². The van der Waals surface area contributed by atoms with E-state index in [9.17, 15) is 0 Å². The summed E-state index contributed by atoms with van der Waals surface area (Å²) in [5, 5.41) is 0. The maximum atomic E-state index is 5.67. The lowest BCUT2D eigenvalue weighted by atomic mass is 10.1. The maximum Gasteiger partial charge on any atom is 0.121 e. The molecule has 1 heterocycles. The van der Waals surface area contributed by atoms with E-state index >= 15 is 0 Å². The van der Waals surface area contributed by atoms with E-state index in [4.69, 9.17) is 10.2 Å². The first-order chi connectivity index (χ1) is 8.20. The van der Waals surface area contributed by atoms with Crippen molar-refractivity contribution in [3.8, 4) is 0 Å². The Hall–Kier alpha value is -0.800. The van der Waals surface area contributed by atoms with Gasteiger partial charge >= 0.3 is 0 Å². The Labute approximate surface area is 104 Å². The Morgan fingerprint density at radius 3 is 2.82 bits per heavy atom. The van der Waals surface area contributed by atoms with Crippen molar-refractivity contribution >= 4 is 0 Å². The number of nitrogens with two attached hydrogens (primary N) is 1. The van der Waals surface area contributed by atoms with Crippen LogP contribution in [0, 0.1) is 5.92 Å². The Bertz CT molecular complexity index is 342. The molecule has 0 radical (unpaired) electrons. The average Bonchev–Trinajstić information content (AvgIpc) is 3.04. The quantitative estimate of drug-likeness (QED) is 0.791. The van der Waals surface area contributed by atoms with Gasteiger partial charge in [0, 0.05) is 18.2 Å². The van der Waals surface area contributed by atoms with Crippen molar-refractivity contribution in [2.24, 2.45) is 11.7 Å². The SMILES string of the molecule is CC(C)CCN(Cc1ccoc1CN)C1CC1. The van der Waals surface area contributed by atoms with Gasteiger partial charge in [0.1, 0.15) is 5.76 Å². The van der Waals surface area contributed by atoms with Crippen LogP contribution in [-0.4, -0.2) is 17.5 Å². The molecule has 2 N–H and O–H groups in total. The molecule has 0 atom stereocenters. The normalized spacial score (nSPS) is 16.1. The number of nitrogens with zero attached hydrogens (tertiary/aromatic N) is 1. The zero-order valence-corrected chi connectivity index (χ0v) is 11.0. The van der Waals surface area contributed by atoms with Gasteiger partial charge in [-0.2, -0.15) is 0 Å². The first kappa shape index (κ1) is 12.7. The van der Waals surface area contributed by atoms with Crippen LogP contribution in [0.2, 0.25) is 0 Å². The summed E-state index contributed by atoms with van der Waals surface area (Å²) in [5.41, 5.74) is 6.94. The lowest BCUT2D eigenvalue weighted by molar-refractivity contribution is 0.237. The summed E-state index contributed by atoms with van der Waals surface area (Å²) < 4.78 is 5.39. The van der Waals surface area contributed by atoms with E-state index in [1.807, 2.05) is 0 Å². The number of rotatable bonds is 7. The molecule has 0 aliphatic heterocycles. The molecule has 0 saturated heterocycles. The molecule has 0 amide bonds. The van der Waals surface area contributed by atoms with Crippen LogP contribution in [0.15, 0.2) is 16.7 Å². The molecule has 1 aliphatic rings. The van der Waals surface area contributed by atoms with Crippen LogP contribution in [0.3, 0.4) is 0 Å². The van der Waals surface area contributed by atoms with Crippen molar-refractivity contribution in [3.63, 3.8) is 0 Å². The van der Waals surface area contributed by atoms with Crippen LogP contribution >= 0.6 is 0 Å². The Kier molecular flexibility index (Phi) is 4.24. The molecule has 1 aliphatic carbocycles. The maximum absolute atomic E-state index is 5.67. The average molecular weight is 236 g/mol. The van der Waals surface area contributed by atoms with Crippen molar-refractivity contribution in [1.82, 2.24) is 4.90 Å². The molecule has 3 nitrogen and oxygen atoms in total. The van der Waals surface area contributed by atoms with Gasteiger partial charge in [-0.25, -0.2) is 0 Å². The zero-order chi connectivity index (χ0) is 12.3. The Balaban J connectivity index is 1.93. The fourth-order valence-corrected chi connectivity index (χ4v) is 2.16. The fraction of sp³-hybridized carbons (Fsp3) is 0.714. The van der Waals surface area contributed by atoms with E-state index in [1.54, 1.807) is 6.26 Å². The van der Waals surface area contributed by atoms with Gasteiger partial charge in [-0.1, -0.05) is 13.8 Å². The molecular formula is C14H24N2O. The minimum absolute atomic E-state index is 0.505. The van der Waals surface area contributed by atoms with E-state index in [2.05, 4.69) is 24.8 Å². The van der Waals surface area contributed by atoms with Crippen LogP contribution in [0.5, 0.6) is 0 Å². The summed E-state index contributed by atoms with van der Waals surface area (Å²) >= 11 is 0. The molecule has 2 rings (SSSR count). The predicted molar refractivity (Wildman–Crippen MR) is 69.5 cm³/mol. The van der Waals surface area contributed by atoms with Gasteiger partial charge in [0.25, 0.3) is 0 Å². The number of hydrogen-bond donors (Lipinski definition) is 1. The highest BCUT2D eigenvalue weighted by atomic mass is 16.3. The topological polar surface area (TPSA) is 42.4 Å². The second-order valence-electron chi connectivity index (χ2n) is 5.46. The summed E-state index contributed by atoms with van der Waals surface area (Å²) in [5.74, 6) is 1.72. The molecule has 0 aromatic carbocycles. The van der Waals surface area contributed by atoms with Crippen LogP contribution in [-0.2, 0) is 13.1 Å². The molecule has 17 heavy (non-hydrogen) atoms. The number of hydrogen-bond acceptors (Lipinski definition) is 3. The van der Waals surface area contributed by atoms with Crippen molar-refractivity contribution in [3.05, 3.63) is 23.7 Å². The lowest BCUT2D eigenvalue weighted by Gasteiger charge is -2.22. The van der Waals surface area contributed by atoms with E-state index in [1.165, 1.54) is 31.4 Å². The van der Waals surface area contributed by atoms with Gasteiger partial charge in [-0.15, -0.1) is 0 Å². The van der Waals surface area contributed by atoms with Gasteiger partial charge in [-0.05, 0) is 37.8 Å². The van der Waals surface area contributed by atoms with Crippen LogP contribution in [0.1, 0.15) is 44.4 Å². The van der Waals surface area contributed by atoms with E-state index < -0.39 is 0 Å². The summed E-state index contributed by atoms with van der Waals surface area (Å²) in [6, 6.07) is 2.86. The second-order valence-corrected chi connectivity index (χ2v) is 5.46. The minimum Gasteiger partial charge on any atom is -0.468 e. The minimum atomic E-state index is 0.505. The smallest absolute Gasteiger partial charge is 0.121 e. The van der Waals surface area contributed by atoms with Crippen molar-refractivity contribution < 1.29 is 4.42 Å². The van der Waals surface area contributed by atoms with E-state index in [-0.39, 0.29) is 0 Å². The molecule has 1 aromatic heterocycles. The van der Waals surface area contributed by atoms with E-state index in [0.29, 0.717) is 6.54 Å². The van der Waals surface area contributed by atoms with Gasteiger partial charge in [0.05, 0.1) is 12.8 Å². The summed E-state index contributed by atoms with van der Waals surface area (Å²) in [6.07, 6.45) is 5.74. The van der Waals surface area contributed by atoms with Crippen molar-refractivity contribution in [2.45, 2.75) is 52.2 Å². The largest absolute Gasteiger partial charge is 0.468 e. The van der Waals surface area contributed by atoms with Crippen LogP contribution in [0.4, 0.5) is 0 Å². The Morgan fingerprint density at radius 2 is 2.24 bits per heavy atom. The summed E-state index contributed by atoms with van der Waals surface area (Å²) in [4.78, 5) is 2.59. The molecule has 0 bridgehead atoms. The first-order valence-corrected chi connectivity index (χ1v) is 6.70. The van der Waals surface area contributed by atoms with Crippen LogP contribution in [0.25, 0.3) is 0 Å². The third kappa shape index (κ3) is 3.58. The van der Waals surface area contributed by atoms with Gasteiger partial charge in [0.15, 0.2) is 0 Å². The standard InChI is InChI=1S/C14H24N2O/c1-11(2)5-7-16(13-3-4-13)10-12-6-8-17-14(12)9-15/h6,8,11,13H,3-5,7,9-10,15H2,1-2H3. The molecular weight excluding hydrogens is 212 g/mol. The fourth-order valence-electron chi connectivity index (χ4n) is 2.16. The van der Waals surface area contributed by atoms with Gasteiger partial charge in [-0.3, -0.25) is 4.90 Å². The molecule has 0 spiro atoms. The molecule has 1 saturated carbocycles. The highest BCUT2D eigenvalue weighted by Gasteiger charge is 2.29. The number of furan rings is 1. The monoisotopic (exact) mass is 236 g/mol. The third-order valence-corrected chi connectivity index (χ3v) is 3.45. The molecule has 1 fully saturated rings. The lowest BCUT2D eigenvalue weighted by Crippen LogP contribution is -2.27. The predicted octanol–water partition coefficient (Wildman–Crippen LogP) is 2.75. The second kappa shape index (κ2) is 5.69.